The van der Waals surface area contributed by atoms with Gasteiger partial charge in [-0.3, -0.25) is 0 Å². The van der Waals surface area contributed by atoms with Crippen molar-refractivity contribution in [3.8, 4) is 5.75 Å². The fourth-order valence-electron chi connectivity index (χ4n) is 1.98. The van der Waals surface area contributed by atoms with Crippen molar-refractivity contribution in [2.45, 2.75) is 25.3 Å². The number of alkyl halides is 3. The second-order valence-corrected chi connectivity index (χ2v) is 5.10. The van der Waals surface area contributed by atoms with Gasteiger partial charge in [-0.05, 0) is 25.0 Å². The van der Waals surface area contributed by atoms with Crippen LogP contribution in [-0.2, 0) is 6.42 Å². The summed E-state index contributed by atoms with van der Waals surface area (Å²) in [6.45, 7) is -0.840. The molecule has 20 heavy (non-hydrogen) atoms. The highest BCUT2D eigenvalue weighted by Gasteiger charge is 2.16. The summed E-state index contributed by atoms with van der Waals surface area (Å²) < 4.78 is 29.2. The molecule has 1 unspecified atom stereocenters. The molecule has 0 aromatic heterocycles. The standard InChI is InChI=1S/C16H15ClF2O/c1-11-6-8-12(9-7-11)10-14(17)13-4-2-3-5-15(13)20-16(18)19/h2-9,14,16H,10H2,1H3. The van der Waals surface area contributed by atoms with Gasteiger partial charge in [0.15, 0.2) is 0 Å². The first-order chi connectivity index (χ1) is 9.56. The Kier molecular flexibility index (Phi) is 4.96. The smallest absolute Gasteiger partial charge is 0.387 e. The summed E-state index contributed by atoms with van der Waals surface area (Å²) in [5.74, 6) is 0.134. The van der Waals surface area contributed by atoms with Crippen LogP contribution in [0.1, 0.15) is 22.1 Å². The minimum atomic E-state index is -2.85. The average Bonchev–Trinajstić information content (AvgIpc) is 2.41. The zero-order chi connectivity index (χ0) is 14.5. The maximum absolute atomic E-state index is 12.4. The summed E-state index contributed by atoms with van der Waals surface area (Å²) in [4.78, 5) is 0. The molecule has 0 aliphatic heterocycles. The van der Waals surface area contributed by atoms with E-state index in [-0.39, 0.29) is 5.75 Å². The van der Waals surface area contributed by atoms with E-state index < -0.39 is 12.0 Å². The molecule has 0 radical (unpaired) electrons. The maximum Gasteiger partial charge on any atom is 0.387 e. The average molecular weight is 297 g/mol. The number of ether oxygens (including phenoxy) is 1. The summed E-state index contributed by atoms with van der Waals surface area (Å²) in [7, 11) is 0. The lowest BCUT2D eigenvalue weighted by molar-refractivity contribution is -0.0504. The Morgan fingerprint density at radius 1 is 1.05 bits per heavy atom. The highest BCUT2D eigenvalue weighted by atomic mass is 35.5. The van der Waals surface area contributed by atoms with Gasteiger partial charge in [0.25, 0.3) is 0 Å². The third-order valence-corrected chi connectivity index (χ3v) is 3.40. The Morgan fingerprint density at radius 2 is 1.70 bits per heavy atom. The van der Waals surface area contributed by atoms with E-state index in [0.29, 0.717) is 12.0 Å². The molecule has 1 atom stereocenters. The normalized spacial score (nSPS) is 12.4. The third kappa shape index (κ3) is 3.94. The Hall–Kier alpha value is -1.61. The first kappa shape index (κ1) is 14.8. The van der Waals surface area contributed by atoms with Gasteiger partial charge in [-0.25, -0.2) is 0 Å². The van der Waals surface area contributed by atoms with Gasteiger partial charge >= 0.3 is 6.61 Å². The van der Waals surface area contributed by atoms with Crippen LogP contribution in [0.2, 0.25) is 0 Å². The van der Waals surface area contributed by atoms with E-state index in [9.17, 15) is 8.78 Å². The summed E-state index contributed by atoms with van der Waals surface area (Å²) >= 11 is 6.34. The molecule has 0 aliphatic rings. The largest absolute Gasteiger partial charge is 0.434 e. The molecule has 0 saturated carbocycles. The fraction of sp³-hybridized carbons (Fsp3) is 0.250. The molecule has 106 valence electrons. The van der Waals surface area contributed by atoms with E-state index >= 15 is 0 Å². The summed E-state index contributed by atoms with van der Waals surface area (Å²) in [6, 6.07) is 14.6. The van der Waals surface area contributed by atoms with Crippen LogP contribution in [-0.4, -0.2) is 6.61 Å². The second kappa shape index (κ2) is 6.71. The van der Waals surface area contributed by atoms with Crippen molar-refractivity contribution in [2.75, 3.05) is 0 Å². The van der Waals surface area contributed by atoms with Gasteiger partial charge in [0, 0.05) is 5.56 Å². The van der Waals surface area contributed by atoms with Crippen molar-refractivity contribution in [1.29, 1.82) is 0 Å². The molecular formula is C16H15ClF2O. The van der Waals surface area contributed by atoms with Gasteiger partial charge in [0.2, 0.25) is 0 Å². The number of hydrogen-bond donors (Lipinski definition) is 0. The van der Waals surface area contributed by atoms with Crippen molar-refractivity contribution in [3.63, 3.8) is 0 Å². The lowest BCUT2D eigenvalue weighted by atomic mass is 10.0. The van der Waals surface area contributed by atoms with E-state index in [0.717, 1.165) is 5.56 Å². The first-order valence-electron chi connectivity index (χ1n) is 6.29. The van der Waals surface area contributed by atoms with Crippen LogP contribution < -0.4 is 4.74 Å². The van der Waals surface area contributed by atoms with Crippen molar-refractivity contribution in [2.24, 2.45) is 0 Å². The molecule has 2 rings (SSSR count). The molecule has 0 saturated heterocycles. The molecule has 1 nitrogen and oxygen atoms in total. The second-order valence-electron chi connectivity index (χ2n) is 4.57. The summed E-state index contributed by atoms with van der Waals surface area (Å²) in [5, 5.41) is -0.410. The van der Waals surface area contributed by atoms with Gasteiger partial charge in [-0.1, -0.05) is 48.0 Å². The minimum Gasteiger partial charge on any atom is -0.434 e. The summed E-state index contributed by atoms with van der Waals surface area (Å²) in [5.41, 5.74) is 2.80. The fourth-order valence-corrected chi connectivity index (χ4v) is 2.34. The molecule has 4 heteroatoms. The number of rotatable bonds is 5. The molecule has 0 fully saturated rings. The van der Waals surface area contributed by atoms with Crippen LogP contribution in [0.25, 0.3) is 0 Å². The van der Waals surface area contributed by atoms with Crippen LogP contribution in [0.4, 0.5) is 8.78 Å². The Morgan fingerprint density at radius 3 is 2.35 bits per heavy atom. The van der Waals surface area contributed by atoms with Gasteiger partial charge in [-0.2, -0.15) is 8.78 Å². The molecule has 2 aromatic rings. The molecular weight excluding hydrogens is 282 g/mol. The summed E-state index contributed by atoms with van der Waals surface area (Å²) in [6.07, 6.45) is 0.561. The van der Waals surface area contributed by atoms with E-state index in [4.69, 9.17) is 11.6 Å². The minimum absolute atomic E-state index is 0.134. The molecule has 0 aliphatic carbocycles. The predicted molar refractivity (Wildman–Crippen MR) is 76.6 cm³/mol. The highest BCUT2D eigenvalue weighted by molar-refractivity contribution is 6.21. The zero-order valence-electron chi connectivity index (χ0n) is 11.0. The van der Waals surface area contributed by atoms with Gasteiger partial charge in [-0.15, -0.1) is 11.6 Å². The van der Waals surface area contributed by atoms with Crippen LogP contribution in [0, 0.1) is 6.92 Å². The molecule has 0 amide bonds. The maximum atomic E-state index is 12.4. The van der Waals surface area contributed by atoms with E-state index in [1.165, 1.54) is 11.6 Å². The molecule has 2 aromatic carbocycles. The zero-order valence-corrected chi connectivity index (χ0v) is 11.8. The first-order valence-corrected chi connectivity index (χ1v) is 6.73. The lowest BCUT2D eigenvalue weighted by Crippen LogP contribution is -2.06. The molecule has 0 N–H and O–H groups in total. The van der Waals surface area contributed by atoms with Crippen LogP contribution in [0.15, 0.2) is 48.5 Å². The highest BCUT2D eigenvalue weighted by Crippen LogP contribution is 2.33. The van der Waals surface area contributed by atoms with Gasteiger partial charge < -0.3 is 4.74 Å². The number of benzene rings is 2. The Balaban J connectivity index is 2.16. The molecule has 0 bridgehead atoms. The molecule has 0 heterocycles. The van der Waals surface area contributed by atoms with E-state index in [1.54, 1.807) is 18.2 Å². The Labute approximate surface area is 122 Å². The van der Waals surface area contributed by atoms with Crippen LogP contribution in [0.3, 0.4) is 0 Å². The predicted octanol–water partition coefficient (Wildman–Crippen LogP) is 5.12. The number of halogens is 3. The monoisotopic (exact) mass is 296 g/mol. The van der Waals surface area contributed by atoms with Crippen molar-refractivity contribution in [3.05, 3.63) is 65.2 Å². The van der Waals surface area contributed by atoms with Crippen molar-refractivity contribution in [1.82, 2.24) is 0 Å². The van der Waals surface area contributed by atoms with Gasteiger partial charge in [0.1, 0.15) is 5.75 Å². The van der Waals surface area contributed by atoms with Crippen molar-refractivity contribution >= 4 is 11.6 Å². The van der Waals surface area contributed by atoms with E-state index in [1.807, 2.05) is 31.2 Å². The van der Waals surface area contributed by atoms with Crippen molar-refractivity contribution < 1.29 is 13.5 Å². The van der Waals surface area contributed by atoms with Crippen LogP contribution in [0.5, 0.6) is 5.75 Å². The third-order valence-electron chi connectivity index (χ3n) is 3.01. The van der Waals surface area contributed by atoms with Crippen LogP contribution >= 0.6 is 11.6 Å². The SMILES string of the molecule is Cc1ccc(CC(Cl)c2ccccc2OC(F)F)cc1. The lowest BCUT2D eigenvalue weighted by Gasteiger charge is -2.15. The number of hydrogen-bond acceptors (Lipinski definition) is 1. The number of para-hydroxylation sites is 1. The quantitative estimate of drug-likeness (QED) is 0.696. The van der Waals surface area contributed by atoms with Gasteiger partial charge in [0.05, 0.1) is 5.38 Å². The Bertz CT molecular complexity index is 555. The number of aryl methyl sites for hydroxylation is 1. The molecule has 0 spiro atoms. The topological polar surface area (TPSA) is 9.23 Å². The van der Waals surface area contributed by atoms with E-state index in [2.05, 4.69) is 4.74 Å².